The lowest BCUT2D eigenvalue weighted by Crippen LogP contribution is -2.41. The zero-order chi connectivity index (χ0) is 22.1. The Morgan fingerprint density at radius 1 is 1.03 bits per heavy atom. The molecule has 1 unspecified atom stereocenters. The molecule has 0 saturated carbocycles. The first-order valence-corrected chi connectivity index (χ1v) is 10.1. The molecule has 7 nitrogen and oxygen atoms in total. The van der Waals surface area contributed by atoms with E-state index in [0.29, 0.717) is 41.2 Å². The quantitative estimate of drug-likeness (QED) is 0.611. The van der Waals surface area contributed by atoms with E-state index in [1.165, 1.54) is 4.90 Å². The molecule has 0 aliphatic rings. The number of anilines is 1. The van der Waals surface area contributed by atoms with Crippen LogP contribution in [0.4, 0.5) is 5.69 Å². The van der Waals surface area contributed by atoms with E-state index < -0.39 is 6.10 Å². The van der Waals surface area contributed by atoms with Gasteiger partial charge in [-0.25, -0.2) is 0 Å². The summed E-state index contributed by atoms with van der Waals surface area (Å²) in [5.74, 6) is 1.03. The van der Waals surface area contributed by atoms with Gasteiger partial charge in [0.25, 0.3) is 5.91 Å². The van der Waals surface area contributed by atoms with Gasteiger partial charge in [-0.2, -0.15) is 0 Å². The van der Waals surface area contributed by atoms with Crippen molar-refractivity contribution in [2.75, 3.05) is 32.1 Å². The van der Waals surface area contributed by atoms with Crippen molar-refractivity contribution in [2.24, 2.45) is 0 Å². The van der Waals surface area contributed by atoms with Gasteiger partial charge in [0.05, 0.1) is 19.8 Å². The Labute approximate surface area is 181 Å². The lowest BCUT2D eigenvalue weighted by atomic mass is 10.2. The van der Waals surface area contributed by atoms with E-state index in [9.17, 15) is 9.59 Å². The highest BCUT2D eigenvalue weighted by atomic mass is 35.5. The van der Waals surface area contributed by atoms with Gasteiger partial charge in [0.15, 0.2) is 17.6 Å². The molecule has 1 N–H and O–H groups in total. The van der Waals surface area contributed by atoms with Crippen molar-refractivity contribution < 1.29 is 23.8 Å². The minimum absolute atomic E-state index is 0.121. The minimum atomic E-state index is -0.751. The first-order chi connectivity index (χ1) is 14.3. The topological polar surface area (TPSA) is 77.1 Å². The van der Waals surface area contributed by atoms with Crippen molar-refractivity contribution in [3.63, 3.8) is 0 Å². The van der Waals surface area contributed by atoms with Gasteiger partial charge in [0.2, 0.25) is 5.91 Å². The fraction of sp³-hybridized carbons (Fsp3) is 0.364. The maximum Gasteiger partial charge on any atom is 0.263 e. The van der Waals surface area contributed by atoms with E-state index in [2.05, 4.69) is 5.32 Å². The standard InChI is InChI=1S/C22H27ClN2O5/c1-5-28-19-12-9-17(13-20(19)29-6-2)24-21(26)14-25(4)22(27)15(3)30-18-10-7-16(23)8-11-18/h7-13,15H,5-6,14H2,1-4H3,(H,24,26). The number of carbonyl (C=O) groups excluding carboxylic acids is 2. The number of benzene rings is 2. The SMILES string of the molecule is CCOc1ccc(NC(=O)CN(C)C(=O)C(C)Oc2ccc(Cl)cc2)cc1OCC. The molecule has 30 heavy (non-hydrogen) atoms. The number of hydrogen-bond acceptors (Lipinski definition) is 5. The second-order valence-electron chi connectivity index (χ2n) is 6.48. The van der Waals surface area contributed by atoms with E-state index >= 15 is 0 Å². The lowest BCUT2D eigenvalue weighted by molar-refractivity contribution is -0.139. The van der Waals surface area contributed by atoms with Gasteiger partial charge in [-0.1, -0.05) is 11.6 Å². The second kappa shape index (κ2) is 11.3. The van der Waals surface area contributed by atoms with Crippen LogP contribution in [0, 0.1) is 0 Å². The fourth-order valence-corrected chi connectivity index (χ4v) is 2.83. The highest BCUT2D eigenvalue weighted by Gasteiger charge is 2.21. The van der Waals surface area contributed by atoms with Gasteiger partial charge in [-0.05, 0) is 57.2 Å². The monoisotopic (exact) mass is 434 g/mol. The van der Waals surface area contributed by atoms with Crippen molar-refractivity contribution >= 4 is 29.1 Å². The Morgan fingerprint density at radius 2 is 1.67 bits per heavy atom. The predicted molar refractivity (Wildman–Crippen MR) is 117 cm³/mol. The van der Waals surface area contributed by atoms with Crippen LogP contribution in [0.5, 0.6) is 17.2 Å². The summed E-state index contributed by atoms with van der Waals surface area (Å²) in [7, 11) is 1.55. The molecule has 8 heteroatoms. The fourth-order valence-electron chi connectivity index (χ4n) is 2.70. The number of nitrogens with zero attached hydrogens (tertiary/aromatic N) is 1. The number of likely N-dealkylation sites (N-methyl/N-ethyl adjacent to an activating group) is 1. The smallest absolute Gasteiger partial charge is 0.263 e. The van der Waals surface area contributed by atoms with Crippen molar-refractivity contribution in [1.29, 1.82) is 0 Å². The van der Waals surface area contributed by atoms with Crippen LogP contribution >= 0.6 is 11.6 Å². The maximum atomic E-state index is 12.5. The normalized spacial score (nSPS) is 11.4. The highest BCUT2D eigenvalue weighted by Crippen LogP contribution is 2.30. The van der Waals surface area contributed by atoms with E-state index in [1.807, 2.05) is 13.8 Å². The summed E-state index contributed by atoms with van der Waals surface area (Å²) in [6, 6.07) is 11.9. The zero-order valence-corrected chi connectivity index (χ0v) is 18.4. The summed E-state index contributed by atoms with van der Waals surface area (Å²) < 4.78 is 16.7. The Kier molecular flexibility index (Phi) is 8.80. The minimum Gasteiger partial charge on any atom is -0.490 e. The van der Waals surface area contributed by atoms with E-state index in [1.54, 1.807) is 56.4 Å². The summed E-state index contributed by atoms with van der Waals surface area (Å²) in [5, 5.41) is 3.35. The number of rotatable bonds is 10. The van der Waals surface area contributed by atoms with Gasteiger partial charge in [-0.3, -0.25) is 9.59 Å². The molecule has 1 atom stereocenters. The Morgan fingerprint density at radius 3 is 2.30 bits per heavy atom. The first kappa shape index (κ1) is 23.3. The Hall–Kier alpha value is -2.93. The third kappa shape index (κ3) is 6.84. The molecule has 162 valence electrons. The number of nitrogens with one attached hydrogen (secondary N) is 1. The predicted octanol–water partition coefficient (Wildman–Crippen LogP) is 4.00. The molecule has 0 aliphatic carbocycles. The van der Waals surface area contributed by atoms with Crippen LogP contribution in [0.2, 0.25) is 5.02 Å². The molecular formula is C22H27ClN2O5. The van der Waals surface area contributed by atoms with E-state index in [0.717, 1.165) is 0 Å². The van der Waals surface area contributed by atoms with Crippen LogP contribution < -0.4 is 19.5 Å². The van der Waals surface area contributed by atoms with Crippen LogP contribution in [0.25, 0.3) is 0 Å². The highest BCUT2D eigenvalue weighted by molar-refractivity contribution is 6.30. The van der Waals surface area contributed by atoms with Gasteiger partial charge < -0.3 is 24.4 Å². The molecule has 0 saturated heterocycles. The van der Waals surface area contributed by atoms with Crippen LogP contribution in [0.15, 0.2) is 42.5 Å². The average Bonchev–Trinajstić information content (AvgIpc) is 2.71. The van der Waals surface area contributed by atoms with Gasteiger partial charge in [0.1, 0.15) is 5.75 Å². The van der Waals surface area contributed by atoms with Crippen LogP contribution in [-0.2, 0) is 9.59 Å². The maximum absolute atomic E-state index is 12.5. The van der Waals surface area contributed by atoms with Crippen LogP contribution in [0.3, 0.4) is 0 Å². The number of hydrogen-bond donors (Lipinski definition) is 1. The van der Waals surface area contributed by atoms with E-state index in [4.69, 9.17) is 25.8 Å². The number of ether oxygens (including phenoxy) is 3. The average molecular weight is 435 g/mol. The van der Waals surface area contributed by atoms with Crippen molar-refractivity contribution in [2.45, 2.75) is 26.9 Å². The molecular weight excluding hydrogens is 408 g/mol. The van der Waals surface area contributed by atoms with Crippen LogP contribution in [0.1, 0.15) is 20.8 Å². The largest absolute Gasteiger partial charge is 0.490 e. The lowest BCUT2D eigenvalue weighted by Gasteiger charge is -2.22. The summed E-state index contributed by atoms with van der Waals surface area (Å²) >= 11 is 5.85. The third-order valence-electron chi connectivity index (χ3n) is 4.06. The molecule has 0 radical (unpaired) electrons. The molecule has 0 aromatic heterocycles. The summed E-state index contributed by atoms with van der Waals surface area (Å²) in [5.41, 5.74) is 0.554. The van der Waals surface area contributed by atoms with Crippen molar-refractivity contribution in [1.82, 2.24) is 4.90 Å². The number of amides is 2. The van der Waals surface area contributed by atoms with Crippen molar-refractivity contribution in [3.8, 4) is 17.2 Å². The molecule has 2 aromatic rings. The molecule has 0 fully saturated rings. The van der Waals surface area contributed by atoms with E-state index in [-0.39, 0.29) is 18.4 Å². The molecule has 0 heterocycles. The first-order valence-electron chi connectivity index (χ1n) is 9.70. The number of halogens is 1. The summed E-state index contributed by atoms with van der Waals surface area (Å²) in [6.07, 6.45) is -0.751. The van der Waals surface area contributed by atoms with Crippen LogP contribution in [-0.4, -0.2) is 49.6 Å². The van der Waals surface area contributed by atoms with Gasteiger partial charge in [-0.15, -0.1) is 0 Å². The Bertz CT molecular complexity index is 857. The zero-order valence-electron chi connectivity index (χ0n) is 17.6. The van der Waals surface area contributed by atoms with Gasteiger partial charge >= 0.3 is 0 Å². The molecule has 0 aliphatic heterocycles. The summed E-state index contributed by atoms with van der Waals surface area (Å²) in [4.78, 5) is 26.2. The molecule has 2 aromatic carbocycles. The molecule has 0 bridgehead atoms. The molecule has 2 rings (SSSR count). The van der Waals surface area contributed by atoms with Gasteiger partial charge in [0, 0.05) is 23.8 Å². The molecule has 0 spiro atoms. The number of carbonyl (C=O) groups is 2. The van der Waals surface area contributed by atoms with Crippen molar-refractivity contribution in [3.05, 3.63) is 47.5 Å². The Balaban J connectivity index is 1.93. The second-order valence-corrected chi connectivity index (χ2v) is 6.92. The third-order valence-corrected chi connectivity index (χ3v) is 4.31. The molecule has 2 amide bonds. The summed E-state index contributed by atoms with van der Waals surface area (Å²) in [6.45, 7) is 6.25.